The number of nitro groups is 1. The number of nitrogens with one attached hydrogen (secondary N) is 2. The van der Waals surface area contributed by atoms with Crippen LogP contribution < -0.4 is 15.6 Å². The summed E-state index contributed by atoms with van der Waals surface area (Å²) in [6, 6.07) is 10.2. The lowest BCUT2D eigenvalue weighted by molar-refractivity contribution is -0.385. The second-order valence-corrected chi connectivity index (χ2v) is 6.38. The van der Waals surface area contributed by atoms with Crippen molar-refractivity contribution in [1.82, 2.24) is 10.9 Å². The Kier molecular flexibility index (Phi) is 7.30. The van der Waals surface area contributed by atoms with E-state index in [1.807, 2.05) is 0 Å². The number of carbonyl (C=O) groups excluding carboxylic acids is 2. The SMILES string of the molecule is CCCCOc1ccc(C(=O)NNC(=O)c2ccccc2[N+](=O)[O-])cc1Br. The van der Waals surface area contributed by atoms with Crippen molar-refractivity contribution in [2.75, 3.05) is 6.61 Å². The highest BCUT2D eigenvalue weighted by molar-refractivity contribution is 9.10. The number of hydrogen-bond acceptors (Lipinski definition) is 5. The van der Waals surface area contributed by atoms with Crippen LogP contribution in [-0.4, -0.2) is 23.3 Å². The van der Waals surface area contributed by atoms with Gasteiger partial charge in [0.25, 0.3) is 17.5 Å². The maximum Gasteiger partial charge on any atom is 0.282 e. The quantitative estimate of drug-likeness (QED) is 0.392. The molecule has 0 unspecified atom stereocenters. The number of para-hydroxylation sites is 1. The summed E-state index contributed by atoms with van der Waals surface area (Å²) in [7, 11) is 0. The fourth-order valence-corrected chi connectivity index (χ4v) is 2.66. The molecule has 2 N–H and O–H groups in total. The van der Waals surface area contributed by atoms with Gasteiger partial charge < -0.3 is 4.74 Å². The highest BCUT2D eigenvalue weighted by atomic mass is 79.9. The number of nitro benzene ring substituents is 1. The minimum Gasteiger partial charge on any atom is -0.492 e. The average molecular weight is 436 g/mol. The third kappa shape index (κ3) is 5.52. The largest absolute Gasteiger partial charge is 0.492 e. The standard InChI is InChI=1S/C18H18BrN3O5/c1-2-3-10-27-16-9-8-12(11-14(16)19)17(23)20-21-18(24)13-6-4-5-7-15(13)22(25)26/h4-9,11H,2-3,10H2,1H3,(H,20,23)(H,21,24). The van der Waals surface area contributed by atoms with Gasteiger partial charge in [0.05, 0.1) is 16.0 Å². The molecule has 9 heteroatoms. The van der Waals surface area contributed by atoms with Crippen molar-refractivity contribution in [3.8, 4) is 5.75 Å². The predicted molar refractivity (Wildman–Crippen MR) is 103 cm³/mol. The van der Waals surface area contributed by atoms with Crippen molar-refractivity contribution in [3.63, 3.8) is 0 Å². The molecule has 0 spiro atoms. The van der Waals surface area contributed by atoms with Gasteiger partial charge in [-0.05, 0) is 46.6 Å². The Morgan fingerprint density at radius 2 is 1.85 bits per heavy atom. The van der Waals surface area contributed by atoms with Crippen LogP contribution in [0, 0.1) is 10.1 Å². The molecule has 0 aliphatic carbocycles. The van der Waals surface area contributed by atoms with Gasteiger partial charge in [-0.1, -0.05) is 25.5 Å². The number of ether oxygens (including phenoxy) is 1. The van der Waals surface area contributed by atoms with Crippen LogP contribution in [0.4, 0.5) is 5.69 Å². The van der Waals surface area contributed by atoms with E-state index in [0.717, 1.165) is 12.8 Å². The summed E-state index contributed by atoms with van der Waals surface area (Å²) in [4.78, 5) is 34.6. The summed E-state index contributed by atoms with van der Waals surface area (Å²) in [5, 5.41) is 11.0. The minimum absolute atomic E-state index is 0.149. The Balaban J connectivity index is 2.00. The number of benzene rings is 2. The minimum atomic E-state index is -0.783. The molecule has 0 aliphatic rings. The van der Waals surface area contributed by atoms with Crippen molar-refractivity contribution < 1.29 is 19.2 Å². The van der Waals surface area contributed by atoms with Crippen LogP contribution in [0.25, 0.3) is 0 Å². The molecule has 0 saturated heterocycles. The molecule has 0 atom stereocenters. The highest BCUT2D eigenvalue weighted by Crippen LogP contribution is 2.26. The lowest BCUT2D eigenvalue weighted by Gasteiger charge is -2.10. The average Bonchev–Trinajstić information content (AvgIpc) is 2.67. The van der Waals surface area contributed by atoms with Crippen molar-refractivity contribution >= 4 is 33.4 Å². The summed E-state index contributed by atoms with van der Waals surface area (Å²) < 4.78 is 6.20. The molecular formula is C18H18BrN3O5. The van der Waals surface area contributed by atoms with E-state index in [0.29, 0.717) is 16.8 Å². The first-order valence-corrected chi connectivity index (χ1v) is 8.99. The molecule has 2 aromatic rings. The molecule has 142 valence electrons. The Morgan fingerprint density at radius 1 is 1.15 bits per heavy atom. The summed E-state index contributed by atoms with van der Waals surface area (Å²) >= 11 is 3.34. The van der Waals surface area contributed by atoms with E-state index in [9.17, 15) is 19.7 Å². The fourth-order valence-electron chi connectivity index (χ4n) is 2.16. The second-order valence-electron chi connectivity index (χ2n) is 5.53. The molecular weight excluding hydrogens is 418 g/mol. The molecule has 2 aromatic carbocycles. The van der Waals surface area contributed by atoms with Crippen LogP contribution in [0.2, 0.25) is 0 Å². The van der Waals surface area contributed by atoms with E-state index in [-0.39, 0.29) is 16.8 Å². The topological polar surface area (TPSA) is 111 Å². The van der Waals surface area contributed by atoms with Crippen molar-refractivity contribution in [3.05, 3.63) is 68.2 Å². The Bertz CT molecular complexity index is 857. The van der Waals surface area contributed by atoms with Gasteiger partial charge in [0.15, 0.2) is 0 Å². The first kappa shape index (κ1) is 20.4. The van der Waals surface area contributed by atoms with Gasteiger partial charge in [0.1, 0.15) is 11.3 Å². The van der Waals surface area contributed by atoms with Gasteiger partial charge in [0, 0.05) is 11.6 Å². The van der Waals surface area contributed by atoms with Gasteiger partial charge in [-0.25, -0.2) is 0 Å². The molecule has 8 nitrogen and oxygen atoms in total. The van der Waals surface area contributed by atoms with Gasteiger partial charge in [-0.15, -0.1) is 0 Å². The molecule has 2 rings (SSSR count). The van der Waals surface area contributed by atoms with Crippen LogP contribution >= 0.6 is 15.9 Å². The molecule has 0 bridgehead atoms. The second kappa shape index (κ2) is 9.67. The van der Waals surface area contributed by atoms with Crippen LogP contribution in [0.3, 0.4) is 0 Å². The first-order valence-electron chi connectivity index (χ1n) is 8.20. The zero-order chi connectivity index (χ0) is 19.8. The number of rotatable bonds is 7. The first-order chi connectivity index (χ1) is 12.9. The summed E-state index contributed by atoms with van der Waals surface area (Å²) in [5.41, 5.74) is 4.21. The van der Waals surface area contributed by atoms with E-state index in [2.05, 4.69) is 33.7 Å². The van der Waals surface area contributed by atoms with Crippen molar-refractivity contribution in [2.24, 2.45) is 0 Å². The maximum absolute atomic E-state index is 12.2. The van der Waals surface area contributed by atoms with Crippen LogP contribution in [0.1, 0.15) is 40.5 Å². The number of carbonyl (C=O) groups is 2. The monoisotopic (exact) mass is 435 g/mol. The smallest absolute Gasteiger partial charge is 0.282 e. The summed E-state index contributed by atoms with van der Waals surface area (Å²) in [6.45, 7) is 2.64. The van der Waals surface area contributed by atoms with E-state index in [1.54, 1.807) is 18.2 Å². The van der Waals surface area contributed by atoms with Gasteiger partial charge in [0.2, 0.25) is 0 Å². The summed E-state index contributed by atoms with van der Waals surface area (Å²) in [5.74, 6) is -0.735. The Labute approximate surface area is 164 Å². The number of nitrogens with zero attached hydrogens (tertiary/aromatic N) is 1. The van der Waals surface area contributed by atoms with E-state index >= 15 is 0 Å². The molecule has 0 fully saturated rings. The molecule has 0 radical (unpaired) electrons. The van der Waals surface area contributed by atoms with Gasteiger partial charge >= 0.3 is 0 Å². The van der Waals surface area contributed by atoms with Crippen LogP contribution in [0.5, 0.6) is 5.75 Å². The summed E-state index contributed by atoms with van der Waals surface area (Å²) in [6.07, 6.45) is 1.93. The Morgan fingerprint density at radius 3 is 2.52 bits per heavy atom. The number of unbranched alkanes of at least 4 members (excludes halogenated alkanes) is 1. The lowest BCUT2D eigenvalue weighted by Crippen LogP contribution is -2.41. The van der Waals surface area contributed by atoms with Gasteiger partial charge in [-0.3, -0.25) is 30.6 Å². The van der Waals surface area contributed by atoms with Crippen LogP contribution in [0.15, 0.2) is 46.9 Å². The zero-order valence-corrected chi connectivity index (χ0v) is 16.1. The fraction of sp³-hybridized carbons (Fsp3) is 0.222. The van der Waals surface area contributed by atoms with Gasteiger partial charge in [-0.2, -0.15) is 0 Å². The number of amides is 2. The molecule has 27 heavy (non-hydrogen) atoms. The number of hydrogen-bond donors (Lipinski definition) is 2. The lowest BCUT2D eigenvalue weighted by atomic mass is 10.2. The molecule has 0 aromatic heterocycles. The third-order valence-electron chi connectivity index (χ3n) is 3.58. The van der Waals surface area contributed by atoms with E-state index in [1.165, 1.54) is 24.3 Å². The number of halogens is 1. The predicted octanol–water partition coefficient (Wildman–Crippen LogP) is 3.61. The Hall–Kier alpha value is -2.94. The van der Waals surface area contributed by atoms with Crippen LogP contribution in [-0.2, 0) is 0 Å². The van der Waals surface area contributed by atoms with Crippen molar-refractivity contribution in [2.45, 2.75) is 19.8 Å². The maximum atomic E-state index is 12.2. The third-order valence-corrected chi connectivity index (χ3v) is 4.20. The van der Waals surface area contributed by atoms with Crippen molar-refractivity contribution in [1.29, 1.82) is 0 Å². The molecule has 2 amide bonds. The molecule has 0 heterocycles. The van der Waals surface area contributed by atoms with E-state index < -0.39 is 16.7 Å². The normalized spacial score (nSPS) is 10.1. The van der Waals surface area contributed by atoms with E-state index in [4.69, 9.17) is 4.74 Å². The highest BCUT2D eigenvalue weighted by Gasteiger charge is 2.19. The zero-order valence-electron chi connectivity index (χ0n) is 14.5. The molecule has 0 saturated carbocycles. The number of hydrazine groups is 1. The molecule has 0 aliphatic heterocycles.